The Labute approximate surface area is 144 Å². The Morgan fingerprint density at radius 1 is 1.43 bits per heavy atom. The van der Waals surface area contributed by atoms with Crippen LogP contribution in [0, 0.1) is 0 Å². The van der Waals surface area contributed by atoms with E-state index in [2.05, 4.69) is 17.6 Å². The molecular weight excluding hydrogens is 336 g/mol. The monoisotopic (exact) mass is 354 g/mol. The van der Waals surface area contributed by atoms with E-state index < -0.39 is 12.0 Å². The van der Waals surface area contributed by atoms with Gasteiger partial charge in [0, 0.05) is 16.5 Å². The molecule has 1 aliphatic rings. The first-order valence-electron chi connectivity index (χ1n) is 7.31. The summed E-state index contributed by atoms with van der Waals surface area (Å²) in [5.74, 6) is 1.29. The fourth-order valence-corrected chi connectivity index (χ4v) is 3.00. The lowest BCUT2D eigenvalue weighted by atomic mass is 9.96. The Bertz CT molecular complexity index is 634. The molecular formula is C16H19ClN2O3S. The smallest absolute Gasteiger partial charge is 0.338 e. The molecule has 0 saturated heterocycles. The number of allylic oxidation sites excluding steroid dienone is 1. The number of halogens is 1. The van der Waals surface area contributed by atoms with Crippen LogP contribution in [0.5, 0.6) is 0 Å². The minimum absolute atomic E-state index is 0.338. The van der Waals surface area contributed by atoms with Crippen molar-refractivity contribution in [1.82, 2.24) is 10.6 Å². The summed E-state index contributed by atoms with van der Waals surface area (Å²) in [5.41, 5.74) is 1.63. The van der Waals surface area contributed by atoms with Gasteiger partial charge in [0.15, 0.2) is 0 Å². The molecule has 0 fully saturated rings. The second-order valence-electron chi connectivity index (χ2n) is 4.96. The third-order valence-electron chi connectivity index (χ3n) is 3.34. The summed E-state index contributed by atoms with van der Waals surface area (Å²) < 4.78 is 5.33. The van der Waals surface area contributed by atoms with Crippen molar-refractivity contribution in [2.24, 2.45) is 0 Å². The summed E-state index contributed by atoms with van der Waals surface area (Å²) >= 11 is 7.72. The molecule has 1 aromatic rings. The summed E-state index contributed by atoms with van der Waals surface area (Å²) in [7, 11) is 0. The second kappa shape index (κ2) is 8.26. The molecule has 0 spiro atoms. The van der Waals surface area contributed by atoms with Crippen molar-refractivity contribution >= 4 is 35.4 Å². The zero-order valence-electron chi connectivity index (χ0n) is 13.0. The molecule has 2 rings (SSSR count). The standard InChI is InChI=1S/C16H19ClN2O3S/c1-3-23-8-7-22-15(20)13-10(2)18-16(21)19-14(13)11-5-4-6-12(17)9-11/h4-6,9,14H,3,7-8H2,1-2H3,(H2,18,19,21)/t14-/m0/s1. The minimum atomic E-state index is -0.575. The van der Waals surface area contributed by atoms with Gasteiger partial charge in [-0.25, -0.2) is 9.59 Å². The number of hydrogen-bond acceptors (Lipinski definition) is 4. The highest BCUT2D eigenvalue weighted by Gasteiger charge is 2.32. The Morgan fingerprint density at radius 2 is 2.22 bits per heavy atom. The van der Waals surface area contributed by atoms with Gasteiger partial charge in [-0.2, -0.15) is 11.8 Å². The fraction of sp³-hybridized carbons (Fsp3) is 0.375. The minimum Gasteiger partial charge on any atom is -0.461 e. The van der Waals surface area contributed by atoms with Gasteiger partial charge in [-0.05, 0) is 30.4 Å². The molecule has 0 aromatic heterocycles. The molecule has 0 aliphatic carbocycles. The molecule has 2 N–H and O–H groups in total. The molecule has 0 bridgehead atoms. The highest BCUT2D eigenvalue weighted by molar-refractivity contribution is 7.99. The molecule has 2 amide bonds. The summed E-state index contributed by atoms with van der Waals surface area (Å²) in [6.45, 7) is 4.08. The van der Waals surface area contributed by atoms with Crippen molar-refractivity contribution in [1.29, 1.82) is 0 Å². The number of hydrogen-bond donors (Lipinski definition) is 2. The summed E-state index contributed by atoms with van der Waals surface area (Å²) in [5, 5.41) is 5.91. The van der Waals surface area contributed by atoms with Crippen LogP contribution in [0.1, 0.15) is 25.5 Å². The van der Waals surface area contributed by atoms with E-state index in [-0.39, 0.29) is 6.03 Å². The predicted octanol–water partition coefficient (Wildman–Crippen LogP) is 3.26. The normalized spacial score (nSPS) is 17.5. The van der Waals surface area contributed by atoms with Gasteiger partial charge in [-0.15, -0.1) is 0 Å². The number of carbonyl (C=O) groups is 2. The van der Waals surface area contributed by atoms with E-state index >= 15 is 0 Å². The number of amides is 2. The van der Waals surface area contributed by atoms with Crippen LogP contribution < -0.4 is 10.6 Å². The first-order chi connectivity index (χ1) is 11.0. The third kappa shape index (κ3) is 4.65. The summed E-state index contributed by atoms with van der Waals surface area (Å²) in [4.78, 5) is 24.2. The largest absolute Gasteiger partial charge is 0.461 e. The van der Waals surface area contributed by atoms with E-state index in [0.29, 0.717) is 22.9 Å². The zero-order valence-corrected chi connectivity index (χ0v) is 14.6. The highest BCUT2D eigenvalue weighted by Crippen LogP contribution is 2.29. The third-order valence-corrected chi connectivity index (χ3v) is 4.43. The van der Waals surface area contributed by atoms with Crippen LogP contribution >= 0.6 is 23.4 Å². The lowest BCUT2D eigenvalue weighted by Crippen LogP contribution is -2.45. The molecule has 23 heavy (non-hydrogen) atoms. The lowest BCUT2D eigenvalue weighted by molar-refractivity contribution is -0.138. The van der Waals surface area contributed by atoms with E-state index in [9.17, 15) is 9.59 Å². The van der Waals surface area contributed by atoms with Crippen LogP contribution in [-0.2, 0) is 9.53 Å². The Balaban J connectivity index is 2.22. The highest BCUT2D eigenvalue weighted by atomic mass is 35.5. The number of urea groups is 1. The van der Waals surface area contributed by atoms with Gasteiger partial charge in [0.25, 0.3) is 0 Å². The van der Waals surface area contributed by atoms with Gasteiger partial charge in [0.05, 0.1) is 11.6 Å². The Kier molecular flexibility index (Phi) is 6.36. The SMILES string of the molecule is CCSCCOC(=O)C1=C(C)NC(=O)N[C@H]1c1cccc(Cl)c1. The average Bonchev–Trinajstić information content (AvgIpc) is 2.50. The Morgan fingerprint density at radius 3 is 2.91 bits per heavy atom. The maximum Gasteiger partial charge on any atom is 0.338 e. The van der Waals surface area contributed by atoms with Crippen molar-refractivity contribution in [2.45, 2.75) is 19.9 Å². The molecule has 1 aromatic carbocycles. The maximum atomic E-state index is 12.4. The van der Waals surface area contributed by atoms with Crippen LogP contribution in [-0.4, -0.2) is 30.1 Å². The number of carbonyl (C=O) groups excluding carboxylic acids is 2. The van der Waals surface area contributed by atoms with E-state index in [1.165, 1.54) is 0 Å². The van der Waals surface area contributed by atoms with Crippen LogP contribution in [0.25, 0.3) is 0 Å². The van der Waals surface area contributed by atoms with E-state index in [4.69, 9.17) is 16.3 Å². The van der Waals surface area contributed by atoms with Gasteiger partial charge in [-0.1, -0.05) is 30.7 Å². The molecule has 0 saturated carbocycles. The topological polar surface area (TPSA) is 67.4 Å². The van der Waals surface area contributed by atoms with E-state index in [1.807, 2.05) is 6.07 Å². The number of benzene rings is 1. The number of rotatable bonds is 6. The van der Waals surface area contributed by atoms with Crippen LogP contribution in [0.2, 0.25) is 5.02 Å². The van der Waals surface area contributed by atoms with E-state index in [0.717, 1.165) is 17.1 Å². The number of ether oxygens (including phenoxy) is 1. The molecule has 1 aliphatic heterocycles. The van der Waals surface area contributed by atoms with Crippen LogP contribution in [0.3, 0.4) is 0 Å². The molecule has 0 unspecified atom stereocenters. The van der Waals surface area contributed by atoms with Gasteiger partial charge < -0.3 is 15.4 Å². The van der Waals surface area contributed by atoms with Gasteiger partial charge in [0.1, 0.15) is 6.61 Å². The molecule has 7 heteroatoms. The van der Waals surface area contributed by atoms with Gasteiger partial charge in [0.2, 0.25) is 0 Å². The Hall–Kier alpha value is -1.66. The van der Waals surface area contributed by atoms with Crippen molar-refractivity contribution in [2.75, 3.05) is 18.1 Å². The second-order valence-corrected chi connectivity index (χ2v) is 6.79. The van der Waals surface area contributed by atoms with Gasteiger partial charge in [-0.3, -0.25) is 0 Å². The van der Waals surface area contributed by atoms with Crippen LogP contribution in [0.4, 0.5) is 4.79 Å². The predicted molar refractivity (Wildman–Crippen MR) is 92.5 cm³/mol. The lowest BCUT2D eigenvalue weighted by Gasteiger charge is -2.28. The van der Waals surface area contributed by atoms with Crippen molar-refractivity contribution in [3.05, 3.63) is 46.1 Å². The van der Waals surface area contributed by atoms with Crippen molar-refractivity contribution in [3.63, 3.8) is 0 Å². The fourth-order valence-electron chi connectivity index (χ4n) is 2.32. The first kappa shape index (κ1) is 17.7. The molecule has 1 heterocycles. The van der Waals surface area contributed by atoms with Crippen molar-refractivity contribution < 1.29 is 14.3 Å². The first-order valence-corrected chi connectivity index (χ1v) is 8.84. The molecule has 5 nitrogen and oxygen atoms in total. The average molecular weight is 355 g/mol. The summed E-state index contributed by atoms with van der Waals surface area (Å²) in [6.07, 6.45) is 0. The van der Waals surface area contributed by atoms with E-state index in [1.54, 1.807) is 36.9 Å². The quantitative estimate of drug-likeness (QED) is 0.607. The number of thioether (sulfide) groups is 1. The molecule has 124 valence electrons. The number of esters is 1. The maximum absolute atomic E-state index is 12.4. The molecule has 0 radical (unpaired) electrons. The zero-order chi connectivity index (χ0) is 16.8. The summed E-state index contributed by atoms with van der Waals surface area (Å²) in [6, 6.07) is 6.13. The number of nitrogens with one attached hydrogen (secondary N) is 2. The molecule has 1 atom stereocenters. The van der Waals surface area contributed by atoms with Crippen LogP contribution in [0.15, 0.2) is 35.5 Å². The van der Waals surface area contributed by atoms with Crippen molar-refractivity contribution in [3.8, 4) is 0 Å². The van der Waals surface area contributed by atoms with Gasteiger partial charge >= 0.3 is 12.0 Å².